The van der Waals surface area contributed by atoms with Gasteiger partial charge in [-0.3, -0.25) is 9.69 Å². The highest BCUT2D eigenvalue weighted by atomic mass is 79.9. The van der Waals surface area contributed by atoms with Gasteiger partial charge in [-0.15, -0.1) is 0 Å². The number of benzene rings is 3. The van der Waals surface area contributed by atoms with E-state index in [0.717, 1.165) is 15.6 Å². The molecule has 164 valence electrons. The van der Waals surface area contributed by atoms with Crippen LogP contribution >= 0.6 is 15.9 Å². The zero-order chi connectivity index (χ0) is 22.5. The van der Waals surface area contributed by atoms with Crippen LogP contribution in [-0.2, 0) is 28.9 Å². The molecule has 3 aromatic carbocycles. The molecule has 1 amide bonds. The normalized spacial score (nSPS) is 15.5. The van der Waals surface area contributed by atoms with Gasteiger partial charge in [-0.2, -0.15) is 0 Å². The van der Waals surface area contributed by atoms with Gasteiger partial charge in [0, 0.05) is 10.0 Å². The molecule has 0 aromatic heterocycles. The first kappa shape index (κ1) is 21.9. The first-order chi connectivity index (χ1) is 15.5. The van der Waals surface area contributed by atoms with E-state index in [1.54, 1.807) is 29.2 Å². The Morgan fingerprint density at radius 1 is 1.06 bits per heavy atom. The minimum absolute atomic E-state index is 0.0735. The van der Waals surface area contributed by atoms with Crippen LogP contribution in [-0.4, -0.2) is 34.7 Å². The number of cyclic esters (lactones) is 1. The summed E-state index contributed by atoms with van der Waals surface area (Å²) in [5.74, 6) is 0.236. The molecule has 0 saturated carbocycles. The Labute approximate surface area is 194 Å². The van der Waals surface area contributed by atoms with Crippen molar-refractivity contribution in [1.29, 1.82) is 0 Å². The van der Waals surface area contributed by atoms with Gasteiger partial charge < -0.3 is 14.6 Å². The number of nitrogens with zero attached hydrogens (tertiary/aromatic N) is 1. The lowest BCUT2D eigenvalue weighted by molar-refractivity contribution is -0.136. The molecule has 1 aliphatic heterocycles. The highest BCUT2D eigenvalue weighted by Crippen LogP contribution is 2.31. The Morgan fingerprint density at radius 2 is 1.84 bits per heavy atom. The predicted molar refractivity (Wildman–Crippen MR) is 123 cm³/mol. The van der Waals surface area contributed by atoms with E-state index < -0.39 is 5.97 Å². The first-order valence-corrected chi connectivity index (χ1v) is 11.0. The van der Waals surface area contributed by atoms with E-state index in [1.807, 2.05) is 48.5 Å². The average Bonchev–Trinajstić information content (AvgIpc) is 3.10. The van der Waals surface area contributed by atoms with Gasteiger partial charge in [-0.1, -0.05) is 58.4 Å². The monoisotopic (exact) mass is 495 g/mol. The number of hydrogen-bond donors (Lipinski definition) is 1. The second-order valence-electron chi connectivity index (χ2n) is 7.62. The van der Waals surface area contributed by atoms with Gasteiger partial charge in [0.15, 0.2) is 0 Å². The van der Waals surface area contributed by atoms with Gasteiger partial charge in [0.1, 0.15) is 18.1 Å². The number of hydrogen-bond acceptors (Lipinski definition) is 4. The summed E-state index contributed by atoms with van der Waals surface area (Å²) in [7, 11) is 0. The molecule has 7 heteroatoms. The zero-order valence-corrected chi connectivity index (χ0v) is 18.8. The third kappa shape index (κ3) is 5.48. The van der Waals surface area contributed by atoms with Gasteiger partial charge in [-0.25, -0.2) is 4.79 Å². The Hall–Kier alpha value is -3.32. The van der Waals surface area contributed by atoms with E-state index in [0.29, 0.717) is 36.6 Å². The van der Waals surface area contributed by atoms with Crippen molar-refractivity contribution in [2.45, 2.75) is 25.4 Å². The van der Waals surface area contributed by atoms with Crippen LogP contribution in [0.1, 0.15) is 16.7 Å². The number of aliphatic carboxylic acids is 1. The van der Waals surface area contributed by atoms with Crippen LogP contribution in [0.4, 0.5) is 4.79 Å². The number of carboxylic acids is 1. The largest absolute Gasteiger partial charge is 0.481 e. The minimum atomic E-state index is -0.900. The number of amides is 1. The van der Waals surface area contributed by atoms with Crippen molar-refractivity contribution in [1.82, 2.24) is 4.90 Å². The van der Waals surface area contributed by atoms with Crippen LogP contribution in [0.3, 0.4) is 0 Å². The van der Waals surface area contributed by atoms with Crippen LogP contribution in [0.5, 0.6) is 11.5 Å². The van der Waals surface area contributed by atoms with Crippen LogP contribution in [0.15, 0.2) is 77.3 Å². The predicted octanol–water partition coefficient (Wildman–Crippen LogP) is 5.43. The molecule has 0 bridgehead atoms. The van der Waals surface area contributed by atoms with E-state index in [-0.39, 0.29) is 18.6 Å². The third-order valence-electron chi connectivity index (χ3n) is 5.23. The first-order valence-electron chi connectivity index (χ1n) is 10.2. The van der Waals surface area contributed by atoms with Crippen molar-refractivity contribution in [2.75, 3.05) is 6.61 Å². The molecular formula is C25H22BrNO5. The van der Waals surface area contributed by atoms with E-state index in [9.17, 15) is 9.59 Å². The van der Waals surface area contributed by atoms with Gasteiger partial charge in [0.05, 0.1) is 19.0 Å². The van der Waals surface area contributed by atoms with Crippen molar-refractivity contribution in [3.05, 3.63) is 94.0 Å². The van der Waals surface area contributed by atoms with Gasteiger partial charge in [-0.05, 0) is 47.9 Å². The van der Waals surface area contributed by atoms with Crippen molar-refractivity contribution in [3.8, 4) is 11.5 Å². The standard InChI is InChI=1S/C25H22BrNO5/c26-20-9-10-23(32-22-8-4-7-18(12-22)13-24(28)29)19(14-20)15-27-21(16-31-25(27)30)11-17-5-2-1-3-6-17/h1-10,12,14,21H,11,13,15-16H2,(H,28,29). The molecule has 32 heavy (non-hydrogen) atoms. The fourth-order valence-corrected chi connectivity index (χ4v) is 4.12. The maximum atomic E-state index is 12.5. The molecule has 0 spiro atoms. The smallest absolute Gasteiger partial charge is 0.410 e. The number of rotatable bonds is 8. The number of ether oxygens (including phenoxy) is 2. The SMILES string of the molecule is O=C(O)Cc1cccc(Oc2ccc(Br)cc2CN2C(=O)OCC2Cc2ccccc2)c1. The lowest BCUT2D eigenvalue weighted by Crippen LogP contribution is -2.34. The number of carbonyl (C=O) groups is 2. The molecule has 6 nitrogen and oxygen atoms in total. The second kappa shape index (κ2) is 9.87. The molecule has 1 N–H and O–H groups in total. The van der Waals surface area contributed by atoms with Gasteiger partial charge in [0.2, 0.25) is 0 Å². The van der Waals surface area contributed by atoms with Crippen LogP contribution < -0.4 is 4.74 Å². The summed E-state index contributed by atoms with van der Waals surface area (Å²) in [5.41, 5.74) is 2.61. The number of carboxylic acid groups (broad SMARTS) is 1. The van der Waals surface area contributed by atoms with Gasteiger partial charge >= 0.3 is 12.1 Å². The Morgan fingerprint density at radius 3 is 2.62 bits per heavy atom. The summed E-state index contributed by atoms with van der Waals surface area (Å²) in [6.45, 7) is 0.676. The fourth-order valence-electron chi connectivity index (χ4n) is 3.71. The molecule has 1 saturated heterocycles. The van der Waals surface area contributed by atoms with E-state index in [2.05, 4.69) is 15.9 Å². The second-order valence-corrected chi connectivity index (χ2v) is 8.54. The molecule has 1 unspecified atom stereocenters. The molecule has 1 fully saturated rings. The van der Waals surface area contributed by atoms with E-state index in [1.165, 1.54) is 0 Å². The highest BCUT2D eigenvalue weighted by Gasteiger charge is 2.33. The van der Waals surface area contributed by atoms with Crippen molar-refractivity contribution in [3.63, 3.8) is 0 Å². The summed E-state index contributed by atoms with van der Waals surface area (Å²) >= 11 is 3.50. The van der Waals surface area contributed by atoms with Crippen LogP contribution in [0.2, 0.25) is 0 Å². The summed E-state index contributed by atoms with van der Waals surface area (Å²) in [6.07, 6.45) is 0.277. The maximum Gasteiger partial charge on any atom is 0.410 e. The Kier molecular flexibility index (Phi) is 6.75. The summed E-state index contributed by atoms with van der Waals surface area (Å²) in [5, 5.41) is 9.04. The molecule has 4 rings (SSSR count). The fraction of sp³-hybridized carbons (Fsp3) is 0.200. The van der Waals surface area contributed by atoms with Crippen LogP contribution in [0.25, 0.3) is 0 Å². The maximum absolute atomic E-state index is 12.5. The molecule has 0 aliphatic carbocycles. The van der Waals surface area contributed by atoms with E-state index >= 15 is 0 Å². The van der Waals surface area contributed by atoms with Crippen molar-refractivity contribution >= 4 is 28.0 Å². The quantitative estimate of drug-likeness (QED) is 0.450. The molecule has 0 radical (unpaired) electrons. The molecular weight excluding hydrogens is 474 g/mol. The average molecular weight is 496 g/mol. The Balaban J connectivity index is 1.55. The van der Waals surface area contributed by atoms with Crippen LogP contribution in [0, 0.1) is 0 Å². The summed E-state index contributed by atoms with van der Waals surface area (Å²) in [6, 6.07) is 22.6. The number of halogens is 1. The van der Waals surface area contributed by atoms with Crippen molar-refractivity contribution in [2.24, 2.45) is 0 Å². The van der Waals surface area contributed by atoms with Crippen molar-refractivity contribution < 1.29 is 24.2 Å². The van der Waals surface area contributed by atoms with E-state index in [4.69, 9.17) is 14.6 Å². The molecule has 1 heterocycles. The summed E-state index contributed by atoms with van der Waals surface area (Å²) in [4.78, 5) is 25.2. The topological polar surface area (TPSA) is 76.1 Å². The lowest BCUT2D eigenvalue weighted by atomic mass is 10.1. The lowest BCUT2D eigenvalue weighted by Gasteiger charge is -2.23. The molecule has 1 aliphatic rings. The molecule has 3 aromatic rings. The highest BCUT2D eigenvalue weighted by molar-refractivity contribution is 9.10. The minimum Gasteiger partial charge on any atom is -0.481 e. The third-order valence-corrected chi connectivity index (χ3v) is 5.73. The zero-order valence-electron chi connectivity index (χ0n) is 17.2. The van der Waals surface area contributed by atoms with Gasteiger partial charge in [0.25, 0.3) is 0 Å². The molecule has 1 atom stereocenters. The summed E-state index contributed by atoms with van der Waals surface area (Å²) < 4.78 is 12.3. The number of carbonyl (C=O) groups excluding carboxylic acids is 1. The Bertz CT molecular complexity index is 1120.